The van der Waals surface area contributed by atoms with E-state index in [9.17, 15) is 9.59 Å². The van der Waals surface area contributed by atoms with Gasteiger partial charge in [0.05, 0.1) is 17.3 Å². The van der Waals surface area contributed by atoms with Crippen LogP contribution in [0.1, 0.15) is 23.0 Å². The van der Waals surface area contributed by atoms with Crippen LogP contribution in [0.5, 0.6) is 0 Å². The van der Waals surface area contributed by atoms with E-state index in [2.05, 4.69) is 10.3 Å². The van der Waals surface area contributed by atoms with Gasteiger partial charge in [0.1, 0.15) is 5.65 Å². The van der Waals surface area contributed by atoms with Crippen LogP contribution < -0.4 is 10.9 Å². The molecule has 2 heterocycles. The summed E-state index contributed by atoms with van der Waals surface area (Å²) in [6.07, 6.45) is 1.55. The van der Waals surface area contributed by atoms with E-state index in [1.165, 1.54) is 17.4 Å². The maximum atomic E-state index is 12.1. The molecule has 1 N–H and O–H groups in total. The Kier molecular flexibility index (Phi) is 4.12. The van der Waals surface area contributed by atoms with Crippen molar-refractivity contribution >= 4 is 28.7 Å². The number of aromatic nitrogens is 2. The molecule has 0 atom stereocenters. The van der Waals surface area contributed by atoms with E-state index in [0.717, 1.165) is 5.69 Å². The Bertz CT molecular complexity index is 933. The Balaban J connectivity index is 1.80. The number of nitrogens with zero attached hydrogens (tertiary/aromatic N) is 2. The van der Waals surface area contributed by atoms with Crippen molar-refractivity contribution < 1.29 is 4.79 Å². The second-order valence-corrected chi connectivity index (χ2v) is 5.58. The number of pyridine rings is 1. The molecule has 0 saturated carbocycles. The molecule has 5 nitrogen and oxygen atoms in total. The molecule has 0 aliphatic carbocycles. The van der Waals surface area contributed by atoms with Crippen molar-refractivity contribution in [3.8, 4) is 0 Å². The summed E-state index contributed by atoms with van der Waals surface area (Å²) in [5.41, 5.74) is 2.52. The molecular formula is C17H14ClN3O2. The fraction of sp³-hybridized carbons (Fsp3) is 0.118. The Hall–Kier alpha value is -2.66. The van der Waals surface area contributed by atoms with Gasteiger partial charge < -0.3 is 5.32 Å². The summed E-state index contributed by atoms with van der Waals surface area (Å²) in [6.45, 7) is 1.94. The molecule has 0 aliphatic rings. The maximum Gasteiger partial charge on any atom is 0.258 e. The number of nitrogens with one attached hydrogen (secondary N) is 1. The van der Waals surface area contributed by atoms with Crippen LogP contribution in [0.25, 0.3) is 5.65 Å². The number of benzene rings is 1. The minimum atomic E-state index is -0.179. The molecule has 6 heteroatoms. The summed E-state index contributed by atoms with van der Waals surface area (Å²) in [5.74, 6) is 0.0272. The van der Waals surface area contributed by atoms with Gasteiger partial charge >= 0.3 is 0 Å². The SMILES string of the molecule is CC(=O)c1ccc(NCc2cc(=O)n3cc(Cl)ccc3n2)cc1. The first-order valence-corrected chi connectivity index (χ1v) is 7.43. The normalized spacial score (nSPS) is 10.7. The highest BCUT2D eigenvalue weighted by molar-refractivity contribution is 6.30. The van der Waals surface area contributed by atoms with Crippen molar-refractivity contribution in [2.45, 2.75) is 13.5 Å². The lowest BCUT2D eigenvalue weighted by molar-refractivity contribution is 0.101. The number of hydrogen-bond acceptors (Lipinski definition) is 4. The largest absolute Gasteiger partial charge is 0.379 e. The fourth-order valence-electron chi connectivity index (χ4n) is 2.23. The molecule has 0 fully saturated rings. The highest BCUT2D eigenvalue weighted by Crippen LogP contribution is 2.12. The average Bonchev–Trinajstić information content (AvgIpc) is 2.54. The molecule has 0 saturated heterocycles. The van der Waals surface area contributed by atoms with Crippen LogP contribution in [0, 0.1) is 0 Å². The molecule has 2 aromatic heterocycles. The molecule has 0 amide bonds. The van der Waals surface area contributed by atoms with Gasteiger partial charge in [0.25, 0.3) is 5.56 Å². The predicted molar refractivity (Wildman–Crippen MR) is 90.2 cm³/mol. The van der Waals surface area contributed by atoms with E-state index < -0.39 is 0 Å². The van der Waals surface area contributed by atoms with Crippen LogP contribution in [0.4, 0.5) is 5.69 Å². The summed E-state index contributed by atoms with van der Waals surface area (Å²) >= 11 is 5.88. The van der Waals surface area contributed by atoms with E-state index in [1.54, 1.807) is 30.5 Å². The van der Waals surface area contributed by atoms with Gasteiger partial charge in [-0.15, -0.1) is 0 Å². The second-order valence-electron chi connectivity index (χ2n) is 5.15. The van der Waals surface area contributed by atoms with Crippen LogP contribution in [0.2, 0.25) is 5.02 Å². The van der Waals surface area contributed by atoms with Gasteiger partial charge in [0, 0.05) is 23.5 Å². The second kappa shape index (κ2) is 6.22. The molecule has 0 spiro atoms. The Morgan fingerprint density at radius 1 is 1.22 bits per heavy atom. The molecule has 0 bridgehead atoms. The molecule has 1 aromatic carbocycles. The quantitative estimate of drug-likeness (QED) is 0.748. The van der Waals surface area contributed by atoms with E-state index >= 15 is 0 Å². The standard InChI is InChI=1S/C17H14ClN3O2/c1-11(22)12-2-5-14(6-3-12)19-9-15-8-17(23)21-10-13(18)4-7-16(21)20-15/h2-8,10,19H,9H2,1H3. The summed E-state index contributed by atoms with van der Waals surface area (Å²) in [7, 11) is 0. The monoisotopic (exact) mass is 327 g/mol. The van der Waals surface area contributed by atoms with Gasteiger partial charge in [-0.1, -0.05) is 11.6 Å². The third-order valence-electron chi connectivity index (χ3n) is 3.44. The van der Waals surface area contributed by atoms with Crippen molar-refractivity contribution in [1.82, 2.24) is 9.38 Å². The minimum absolute atomic E-state index is 0.0272. The molecular weight excluding hydrogens is 314 g/mol. The number of carbonyl (C=O) groups excluding carboxylic acids is 1. The fourth-order valence-corrected chi connectivity index (χ4v) is 2.39. The molecule has 3 aromatic rings. The number of hydrogen-bond donors (Lipinski definition) is 1. The lowest BCUT2D eigenvalue weighted by Gasteiger charge is -2.08. The van der Waals surface area contributed by atoms with Crippen LogP contribution in [0.3, 0.4) is 0 Å². The lowest BCUT2D eigenvalue weighted by atomic mass is 10.1. The molecule has 0 radical (unpaired) electrons. The highest BCUT2D eigenvalue weighted by atomic mass is 35.5. The average molecular weight is 328 g/mol. The van der Waals surface area contributed by atoms with Gasteiger partial charge in [-0.05, 0) is 43.3 Å². The molecule has 0 aliphatic heterocycles. The number of anilines is 1. The zero-order valence-corrected chi connectivity index (χ0v) is 13.2. The first kappa shape index (κ1) is 15.2. The number of rotatable bonds is 4. The van der Waals surface area contributed by atoms with Crippen LogP contribution in [0.15, 0.2) is 53.5 Å². The number of Topliss-reactive ketones (excluding diaryl/α,β-unsaturated/α-hetero) is 1. The molecule has 0 unspecified atom stereocenters. The van der Waals surface area contributed by atoms with Gasteiger partial charge in [-0.25, -0.2) is 4.98 Å². The number of carbonyl (C=O) groups is 1. The van der Waals surface area contributed by atoms with Crippen LogP contribution >= 0.6 is 11.6 Å². The Morgan fingerprint density at radius 3 is 2.65 bits per heavy atom. The zero-order valence-electron chi connectivity index (χ0n) is 12.4. The van der Waals surface area contributed by atoms with Crippen molar-refractivity contribution in [3.63, 3.8) is 0 Å². The summed E-state index contributed by atoms with van der Waals surface area (Å²) < 4.78 is 1.41. The van der Waals surface area contributed by atoms with E-state index in [0.29, 0.717) is 28.5 Å². The van der Waals surface area contributed by atoms with Crippen LogP contribution in [-0.2, 0) is 6.54 Å². The summed E-state index contributed by atoms with van der Waals surface area (Å²) in [5, 5.41) is 3.67. The highest BCUT2D eigenvalue weighted by Gasteiger charge is 2.04. The van der Waals surface area contributed by atoms with Gasteiger partial charge in [0.2, 0.25) is 0 Å². The first-order chi connectivity index (χ1) is 11.0. The predicted octanol–water partition coefficient (Wildman–Crippen LogP) is 3.16. The number of fused-ring (bicyclic) bond motifs is 1. The van der Waals surface area contributed by atoms with Crippen LogP contribution in [-0.4, -0.2) is 15.2 Å². The van der Waals surface area contributed by atoms with E-state index in [4.69, 9.17) is 11.6 Å². The molecule has 23 heavy (non-hydrogen) atoms. The maximum absolute atomic E-state index is 12.1. The Morgan fingerprint density at radius 2 is 1.96 bits per heavy atom. The van der Waals surface area contributed by atoms with Gasteiger partial charge in [0.15, 0.2) is 5.78 Å². The topological polar surface area (TPSA) is 63.5 Å². The third-order valence-corrected chi connectivity index (χ3v) is 3.67. The van der Waals surface area contributed by atoms with Crippen molar-refractivity contribution in [2.24, 2.45) is 0 Å². The van der Waals surface area contributed by atoms with Crippen molar-refractivity contribution in [3.05, 3.63) is 75.3 Å². The minimum Gasteiger partial charge on any atom is -0.379 e. The Labute approximate surface area is 137 Å². The van der Waals surface area contributed by atoms with Gasteiger partial charge in [-0.3, -0.25) is 14.0 Å². The third kappa shape index (κ3) is 3.40. The zero-order chi connectivity index (χ0) is 16.4. The first-order valence-electron chi connectivity index (χ1n) is 7.06. The smallest absolute Gasteiger partial charge is 0.258 e. The number of halogens is 1. The number of ketones is 1. The molecule has 116 valence electrons. The van der Waals surface area contributed by atoms with Crippen molar-refractivity contribution in [2.75, 3.05) is 5.32 Å². The molecule has 3 rings (SSSR count). The summed E-state index contributed by atoms with van der Waals surface area (Å²) in [6, 6.07) is 12.0. The van der Waals surface area contributed by atoms with E-state index in [-0.39, 0.29) is 11.3 Å². The lowest BCUT2D eigenvalue weighted by Crippen LogP contribution is -2.16. The summed E-state index contributed by atoms with van der Waals surface area (Å²) in [4.78, 5) is 27.8. The van der Waals surface area contributed by atoms with Crippen molar-refractivity contribution in [1.29, 1.82) is 0 Å². The van der Waals surface area contributed by atoms with Gasteiger partial charge in [-0.2, -0.15) is 0 Å². The van der Waals surface area contributed by atoms with E-state index in [1.807, 2.05) is 12.1 Å².